The minimum Gasteiger partial charge on any atom is -0.493 e. The number of aromatic nitrogens is 2. The van der Waals surface area contributed by atoms with Crippen LogP contribution in [-0.2, 0) is 12.8 Å². The predicted octanol–water partition coefficient (Wildman–Crippen LogP) is 4.99. The third kappa shape index (κ3) is 4.29. The van der Waals surface area contributed by atoms with Crippen LogP contribution in [0.15, 0.2) is 53.7 Å². The molecule has 3 rings (SSSR count). The Morgan fingerprint density at radius 3 is 2.48 bits per heavy atom. The summed E-state index contributed by atoms with van der Waals surface area (Å²) in [5, 5.41) is 20.3. The van der Waals surface area contributed by atoms with E-state index >= 15 is 0 Å². The third-order valence-electron chi connectivity index (χ3n) is 4.41. The van der Waals surface area contributed by atoms with Gasteiger partial charge in [0.15, 0.2) is 5.16 Å². The van der Waals surface area contributed by atoms with Crippen LogP contribution in [0.5, 0.6) is 5.88 Å². The van der Waals surface area contributed by atoms with Crippen LogP contribution in [0.25, 0.3) is 11.1 Å². The number of aromatic hydroxyl groups is 1. The van der Waals surface area contributed by atoms with Crippen LogP contribution in [0.4, 0.5) is 0 Å². The minimum atomic E-state index is 0.0664. The van der Waals surface area contributed by atoms with Gasteiger partial charge in [0.05, 0.1) is 17.3 Å². The zero-order valence-corrected chi connectivity index (χ0v) is 16.3. The fourth-order valence-corrected chi connectivity index (χ4v) is 3.43. The number of nitriles is 1. The van der Waals surface area contributed by atoms with Gasteiger partial charge in [-0.1, -0.05) is 67.6 Å². The van der Waals surface area contributed by atoms with Crippen molar-refractivity contribution in [1.29, 1.82) is 5.26 Å². The predicted molar refractivity (Wildman–Crippen MR) is 109 cm³/mol. The van der Waals surface area contributed by atoms with E-state index in [1.807, 2.05) is 54.8 Å². The average molecular weight is 375 g/mol. The van der Waals surface area contributed by atoms with Crippen LogP contribution in [0.3, 0.4) is 0 Å². The Hall–Kier alpha value is -2.84. The van der Waals surface area contributed by atoms with Gasteiger partial charge in [-0.2, -0.15) is 10.2 Å². The highest BCUT2D eigenvalue weighted by Gasteiger charge is 2.14. The van der Waals surface area contributed by atoms with Gasteiger partial charge in [0.1, 0.15) is 0 Å². The van der Waals surface area contributed by atoms with E-state index in [-0.39, 0.29) is 5.88 Å². The van der Waals surface area contributed by atoms with E-state index in [4.69, 9.17) is 0 Å². The maximum atomic E-state index is 10.4. The smallest absolute Gasteiger partial charge is 0.218 e. The molecule has 2 aromatic carbocycles. The molecule has 0 bridgehead atoms. The summed E-state index contributed by atoms with van der Waals surface area (Å²) in [6.45, 7) is 2.10. The molecule has 1 N–H and O–H groups in total. The van der Waals surface area contributed by atoms with E-state index < -0.39 is 0 Å². The molecule has 1 heterocycles. The highest BCUT2D eigenvalue weighted by molar-refractivity contribution is 7.98. The summed E-state index contributed by atoms with van der Waals surface area (Å²) in [7, 11) is 0. The van der Waals surface area contributed by atoms with E-state index in [0.29, 0.717) is 17.1 Å². The van der Waals surface area contributed by atoms with E-state index in [0.717, 1.165) is 40.8 Å². The van der Waals surface area contributed by atoms with Crippen molar-refractivity contribution >= 4 is 11.8 Å². The monoisotopic (exact) mass is 375 g/mol. The number of nitrogens with zero attached hydrogens (tertiary/aromatic N) is 3. The van der Waals surface area contributed by atoms with Gasteiger partial charge in [-0.15, -0.1) is 0 Å². The van der Waals surface area contributed by atoms with Gasteiger partial charge in [-0.05, 0) is 35.4 Å². The van der Waals surface area contributed by atoms with Crippen molar-refractivity contribution in [3.63, 3.8) is 0 Å². The van der Waals surface area contributed by atoms with Crippen LogP contribution in [-0.4, -0.2) is 21.3 Å². The van der Waals surface area contributed by atoms with Crippen molar-refractivity contribution in [2.45, 2.75) is 31.3 Å². The first-order valence-electron chi connectivity index (χ1n) is 8.87. The molecule has 27 heavy (non-hydrogen) atoms. The Labute approximate surface area is 163 Å². The molecule has 136 valence electrons. The van der Waals surface area contributed by atoms with Gasteiger partial charge >= 0.3 is 0 Å². The minimum absolute atomic E-state index is 0.0664. The Balaban J connectivity index is 1.90. The normalized spacial score (nSPS) is 10.6. The van der Waals surface area contributed by atoms with Gasteiger partial charge < -0.3 is 5.11 Å². The van der Waals surface area contributed by atoms with Gasteiger partial charge in [-0.3, -0.25) is 0 Å². The van der Waals surface area contributed by atoms with E-state index in [2.05, 4.69) is 23.0 Å². The molecule has 0 aliphatic carbocycles. The lowest BCUT2D eigenvalue weighted by atomic mass is 9.97. The average Bonchev–Trinajstić information content (AvgIpc) is 2.71. The maximum Gasteiger partial charge on any atom is 0.218 e. The van der Waals surface area contributed by atoms with E-state index in [1.54, 1.807) is 0 Å². The summed E-state index contributed by atoms with van der Waals surface area (Å²) in [6, 6.07) is 17.9. The first-order chi connectivity index (χ1) is 13.2. The lowest BCUT2D eigenvalue weighted by Gasteiger charge is -2.12. The van der Waals surface area contributed by atoms with Crippen LogP contribution in [0.1, 0.15) is 35.7 Å². The molecule has 0 radical (unpaired) electrons. The molecule has 5 heteroatoms. The molecular formula is C22H21N3OS. The molecule has 0 spiro atoms. The second-order valence-corrected chi connectivity index (χ2v) is 7.01. The topological polar surface area (TPSA) is 69.8 Å². The summed E-state index contributed by atoms with van der Waals surface area (Å²) >= 11 is 1.43. The van der Waals surface area contributed by atoms with Crippen LogP contribution in [0.2, 0.25) is 0 Å². The molecule has 0 amide bonds. The molecule has 0 aliphatic rings. The fourth-order valence-electron chi connectivity index (χ4n) is 3.05. The molecular weight excluding hydrogens is 354 g/mol. The van der Waals surface area contributed by atoms with Gasteiger partial charge in [0.2, 0.25) is 5.88 Å². The van der Waals surface area contributed by atoms with E-state index in [1.165, 1.54) is 11.8 Å². The zero-order chi connectivity index (χ0) is 19.2. The molecule has 0 aliphatic heterocycles. The Bertz CT molecular complexity index is 978. The first kappa shape index (κ1) is 18.9. The molecule has 0 saturated heterocycles. The maximum absolute atomic E-state index is 10.4. The van der Waals surface area contributed by atoms with Crippen molar-refractivity contribution in [2.24, 2.45) is 0 Å². The summed E-state index contributed by atoms with van der Waals surface area (Å²) in [5.74, 6) is 0.0664. The molecule has 0 unspecified atom stereocenters. The Morgan fingerprint density at radius 1 is 1.07 bits per heavy atom. The Kier molecular flexibility index (Phi) is 6.10. The standard InChI is InChI=1S/C22H21N3OS/c1-3-6-20-19(21(26)25-22(24-20)27-2)13-15-9-11-16(12-10-15)18-8-5-4-7-17(18)14-23/h4-5,7-12H,3,6,13H2,1-2H3,(H,24,25,26). The number of thioether (sulfide) groups is 1. The number of rotatable bonds is 6. The quantitative estimate of drug-likeness (QED) is 0.486. The lowest BCUT2D eigenvalue weighted by molar-refractivity contribution is 0.436. The van der Waals surface area contributed by atoms with Crippen molar-refractivity contribution < 1.29 is 5.11 Å². The summed E-state index contributed by atoms with van der Waals surface area (Å²) in [5.41, 5.74) is 5.36. The van der Waals surface area contributed by atoms with Crippen LogP contribution < -0.4 is 0 Å². The van der Waals surface area contributed by atoms with Crippen molar-refractivity contribution in [1.82, 2.24) is 9.97 Å². The van der Waals surface area contributed by atoms with Gasteiger partial charge in [0, 0.05) is 12.0 Å². The summed E-state index contributed by atoms with van der Waals surface area (Å²) in [4.78, 5) is 8.77. The highest BCUT2D eigenvalue weighted by Crippen LogP contribution is 2.27. The highest BCUT2D eigenvalue weighted by atomic mass is 32.2. The van der Waals surface area contributed by atoms with Crippen LogP contribution in [0, 0.1) is 11.3 Å². The van der Waals surface area contributed by atoms with Gasteiger partial charge in [0.25, 0.3) is 0 Å². The number of benzene rings is 2. The lowest BCUT2D eigenvalue weighted by Crippen LogP contribution is -2.03. The molecule has 0 fully saturated rings. The molecule has 4 nitrogen and oxygen atoms in total. The SMILES string of the molecule is CCCc1nc(SC)nc(O)c1Cc1ccc(-c2ccccc2C#N)cc1. The number of hydrogen-bond donors (Lipinski definition) is 1. The summed E-state index contributed by atoms with van der Waals surface area (Å²) in [6.07, 6.45) is 4.26. The first-order valence-corrected chi connectivity index (χ1v) is 10.1. The van der Waals surface area contributed by atoms with Crippen molar-refractivity contribution in [3.8, 4) is 23.1 Å². The van der Waals surface area contributed by atoms with Crippen LogP contribution >= 0.6 is 11.8 Å². The van der Waals surface area contributed by atoms with Crippen molar-refractivity contribution in [3.05, 3.63) is 70.9 Å². The Morgan fingerprint density at radius 2 is 1.81 bits per heavy atom. The number of aryl methyl sites for hydroxylation is 1. The molecule has 1 aromatic heterocycles. The molecule has 0 saturated carbocycles. The second kappa shape index (κ2) is 8.70. The third-order valence-corrected chi connectivity index (χ3v) is 4.96. The summed E-state index contributed by atoms with van der Waals surface area (Å²) < 4.78 is 0. The fraction of sp³-hybridized carbons (Fsp3) is 0.227. The second-order valence-electron chi connectivity index (χ2n) is 6.24. The number of hydrogen-bond acceptors (Lipinski definition) is 5. The largest absolute Gasteiger partial charge is 0.493 e. The molecule has 0 atom stereocenters. The van der Waals surface area contributed by atoms with Gasteiger partial charge in [-0.25, -0.2) is 4.98 Å². The van der Waals surface area contributed by atoms with Crippen molar-refractivity contribution in [2.75, 3.05) is 6.26 Å². The molecule has 3 aromatic rings. The van der Waals surface area contributed by atoms with E-state index in [9.17, 15) is 10.4 Å². The zero-order valence-electron chi connectivity index (χ0n) is 15.4.